The predicted octanol–water partition coefficient (Wildman–Crippen LogP) is 4.10. The van der Waals surface area contributed by atoms with Crippen LogP contribution in [0.1, 0.15) is 20.3 Å². The number of nitriles is 1. The second-order valence-electron chi connectivity index (χ2n) is 4.07. The maximum absolute atomic E-state index is 8.95. The average Bonchev–Trinajstić information content (AvgIpc) is 2.35. The maximum Gasteiger partial charge on any atom is 0.183 e. The topological polar surface area (TPSA) is 39.4 Å². The number of nitrogens with zero attached hydrogens (tertiary/aromatic N) is 3. The van der Waals surface area contributed by atoms with Crippen molar-refractivity contribution in [3.8, 4) is 6.19 Å². The monoisotopic (exact) mass is 275 g/mol. The number of hydrogen-bond acceptors (Lipinski definition) is 4. The SMILES string of the molecule is C=C/C=C(/CC(=N/C(C)=C\C(=C)C)SC)N(C)C#N. The molecule has 0 heterocycles. The first-order valence-electron chi connectivity index (χ1n) is 5.85. The number of hydrogen-bond donors (Lipinski definition) is 0. The van der Waals surface area contributed by atoms with Crippen LogP contribution in [0.2, 0.25) is 0 Å². The molecule has 0 bridgehead atoms. The summed E-state index contributed by atoms with van der Waals surface area (Å²) in [5, 5.41) is 9.90. The summed E-state index contributed by atoms with van der Waals surface area (Å²) in [6.45, 7) is 11.4. The Bertz CT molecular complexity index is 464. The molecule has 0 aromatic heterocycles. The minimum absolute atomic E-state index is 0.610. The Morgan fingerprint density at radius 1 is 1.47 bits per heavy atom. The first kappa shape index (κ1) is 17.3. The highest BCUT2D eigenvalue weighted by molar-refractivity contribution is 8.13. The third-order valence-corrected chi connectivity index (χ3v) is 2.92. The smallest absolute Gasteiger partial charge is 0.183 e. The molecule has 0 unspecified atom stereocenters. The van der Waals surface area contributed by atoms with E-state index < -0.39 is 0 Å². The summed E-state index contributed by atoms with van der Waals surface area (Å²) >= 11 is 1.58. The quantitative estimate of drug-likeness (QED) is 0.241. The van der Waals surface area contributed by atoms with Crippen LogP contribution in [0.25, 0.3) is 0 Å². The van der Waals surface area contributed by atoms with Gasteiger partial charge in [-0.2, -0.15) is 5.26 Å². The van der Waals surface area contributed by atoms with E-state index in [-0.39, 0.29) is 0 Å². The van der Waals surface area contributed by atoms with Crippen molar-refractivity contribution in [1.29, 1.82) is 5.26 Å². The lowest BCUT2D eigenvalue weighted by atomic mass is 10.2. The number of rotatable bonds is 6. The minimum Gasteiger partial charge on any atom is -0.286 e. The zero-order chi connectivity index (χ0) is 14.8. The van der Waals surface area contributed by atoms with Crippen molar-refractivity contribution in [3.05, 3.63) is 48.4 Å². The van der Waals surface area contributed by atoms with Gasteiger partial charge in [0.25, 0.3) is 0 Å². The number of thioether (sulfide) groups is 1. The Labute approximate surface area is 120 Å². The van der Waals surface area contributed by atoms with Gasteiger partial charge in [-0.3, -0.25) is 9.89 Å². The standard InChI is InChI=1S/C15H21N3S/c1-7-8-14(18(5)11-16)10-15(19-6)17-13(4)9-12(2)3/h7-9H,1-2,10H2,3-6H3/b13-9-,14-8-,17-15?. The summed E-state index contributed by atoms with van der Waals surface area (Å²) in [5.41, 5.74) is 2.75. The lowest BCUT2D eigenvalue weighted by Gasteiger charge is -2.14. The fourth-order valence-corrected chi connectivity index (χ4v) is 1.91. The summed E-state index contributed by atoms with van der Waals surface area (Å²) in [6, 6.07) is 0. The van der Waals surface area contributed by atoms with Crippen LogP contribution in [0.3, 0.4) is 0 Å². The summed E-state index contributed by atoms with van der Waals surface area (Å²) < 4.78 is 0. The molecule has 0 amide bonds. The highest BCUT2D eigenvalue weighted by Gasteiger charge is 2.07. The van der Waals surface area contributed by atoms with E-state index in [0.29, 0.717) is 6.42 Å². The van der Waals surface area contributed by atoms with Crippen molar-refractivity contribution < 1.29 is 0 Å². The molecule has 0 N–H and O–H groups in total. The molecular formula is C15H21N3S. The molecule has 0 aromatic carbocycles. The summed E-state index contributed by atoms with van der Waals surface area (Å²) in [5.74, 6) is 0. The second kappa shape index (κ2) is 9.23. The molecule has 0 aliphatic rings. The van der Waals surface area contributed by atoms with Crippen LogP contribution in [-0.2, 0) is 0 Å². The molecular weight excluding hydrogens is 254 g/mol. The van der Waals surface area contributed by atoms with Crippen LogP contribution >= 0.6 is 11.8 Å². The van der Waals surface area contributed by atoms with Gasteiger partial charge in [0.1, 0.15) is 0 Å². The van der Waals surface area contributed by atoms with Gasteiger partial charge < -0.3 is 0 Å². The Morgan fingerprint density at radius 2 is 2.11 bits per heavy atom. The van der Waals surface area contributed by atoms with Gasteiger partial charge in [0.2, 0.25) is 0 Å². The Balaban J connectivity index is 5.13. The van der Waals surface area contributed by atoms with Crippen LogP contribution < -0.4 is 0 Å². The van der Waals surface area contributed by atoms with Crippen molar-refractivity contribution in [2.75, 3.05) is 13.3 Å². The van der Waals surface area contributed by atoms with E-state index in [2.05, 4.69) is 24.3 Å². The van der Waals surface area contributed by atoms with E-state index in [1.54, 1.807) is 24.9 Å². The lowest BCUT2D eigenvalue weighted by molar-refractivity contribution is 0.581. The molecule has 0 aromatic rings. The second-order valence-corrected chi connectivity index (χ2v) is 4.95. The molecule has 19 heavy (non-hydrogen) atoms. The largest absolute Gasteiger partial charge is 0.286 e. The third-order valence-electron chi connectivity index (χ3n) is 2.22. The molecule has 4 heteroatoms. The van der Waals surface area contributed by atoms with Crippen LogP contribution in [-0.4, -0.2) is 23.2 Å². The van der Waals surface area contributed by atoms with Gasteiger partial charge in [-0.25, -0.2) is 0 Å². The zero-order valence-electron chi connectivity index (χ0n) is 12.1. The van der Waals surface area contributed by atoms with E-state index in [4.69, 9.17) is 5.26 Å². The molecule has 0 rings (SSSR count). The Morgan fingerprint density at radius 3 is 2.53 bits per heavy atom. The summed E-state index contributed by atoms with van der Waals surface area (Å²) in [7, 11) is 1.73. The van der Waals surface area contributed by atoms with Crippen molar-refractivity contribution in [2.24, 2.45) is 4.99 Å². The fraction of sp³-hybridized carbons (Fsp3) is 0.333. The molecule has 0 radical (unpaired) electrons. The van der Waals surface area contributed by atoms with Crippen molar-refractivity contribution >= 4 is 16.8 Å². The minimum atomic E-state index is 0.610. The highest BCUT2D eigenvalue weighted by atomic mass is 32.2. The van der Waals surface area contributed by atoms with Gasteiger partial charge in [-0.05, 0) is 32.3 Å². The first-order chi connectivity index (χ1) is 8.94. The highest BCUT2D eigenvalue weighted by Crippen LogP contribution is 2.16. The molecule has 0 atom stereocenters. The molecule has 0 aliphatic heterocycles. The van der Waals surface area contributed by atoms with Gasteiger partial charge in [-0.1, -0.05) is 24.8 Å². The van der Waals surface area contributed by atoms with Crippen molar-refractivity contribution in [1.82, 2.24) is 4.90 Å². The van der Waals surface area contributed by atoms with Crippen LogP contribution in [0.4, 0.5) is 0 Å². The number of aliphatic imine (C=N–C) groups is 1. The van der Waals surface area contributed by atoms with E-state index in [1.807, 2.05) is 32.3 Å². The van der Waals surface area contributed by atoms with Gasteiger partial charge in [0.15, 0.2) is 6.19 Å². The third kappa shape index (κ3) is 7.32. The summed E-state index contributed by atoms with van der Waals surface area (Å²) in [6.07, 6.45) is 10.1. The molecule has 3 nitrogen and oxygen atoms in total. The molecule has 0 fully saturated rings. The van der Waals surface area contributed by atoms with Crippen LogP contribution in [0.15, 0.2) is 53.3 Å². The average molecular weight is 275 g/mol. The van der Waals surface area contributed by atoms with Gasteiger partial charge in [0, 0.05) is 24.9 Å². The van der Waals surface area contributed by atoms with E-state index in [1.165, 1.54) is 4.90 Å². The van der Waals surface area contributed by atoms with E-state index in [0.717, 1.165) is 22.0 Å². The summed E-state index contributed by atoms with van der Waals surface area (Å²) in [4.78, 5) is 6.06. The molecule has 0 spiro atoms. The van der Waals surface area contributed by atoms with E-state index >= 15 is 0 Å². The number of allylic oxidation sites excluding steroid dienone is 6. The Kier molecular flexibility index (Phi) is 8.39. The lowest BCUT2D eigenvalue weighted by Crippen LogP contribution is -2.13. The Hall–Kier alpha value is -1.73. The van der Waals surface area contributed by atoms with Gasteiger partial charge in [0.05, 0.1) is 5.04 Å². The molecule has 0 saturated heterocycles. The van der Waals surface area contributed by atoms with Gasteiger partial charge in [-0.15, -0.1) is 11.8 Å². The van der Waals surface area contributed by atoms with Gasteiger partial charge >= 0.3 is 0 Å². The van der Waals surface area contributed by atoms with Crippen LogP contribution in [0.5, 0.6) is 0 Å². The zero-order valence-corrected chi connectivity index (χ0v) is 12.9. The predicted molar refractivity (Wildman–Crippen MR) is 85.8 cm³/mol. The fourth-order valence-electron chi connectivity index (χ4n) is 1.39. The first-order valence-corrected chi connectivity index (χ1v) is 7.07. The molecule has 0 saturated carbocycles. The molecule has 0 aliphatic carbocycles. The van der Waals surface area contributed by atoms with Crippen molar-refractivity contribution in [3.63, 3.8) is 0 Å². The normalized spacial score (nSPS) is 12.9. The van der Waals surface area contributed by atoms with Crippen molar-refractivity contribution in [2.45, 2.75) is 20.3 Å². The van der Waals surface area contributed by atoms with E-state index in [9.17, 15) is 0 Å². The molecule has 102 valence electrons. The maximum atomic E-state index is 8.95. The van der Waals surface area contributed by atoms with Crippen LogP contribution in [0, 0.1) is 11.5 Å².